The molecule has 0 heterocycles. The Balaban J connectivity index is 1.88. The molecular weight excluding hydrogens is 385 g/mol. The molecule has 0 saturated heterocycles. The Morgan fingerprint density at radius 3 is 2.36 bits per heavy atom. The van der Waals surface area contributed by atoms with Gasteiger partial charge in [-0.3, -0.25) is 9.59 Å². The van der Waals surface area contributed by atoms with Crippen LogP contribution < -0.4 is 15.4 Å². The van der Waals surface area contributed by atoms with Crippen molar-refractivity contribution in [1.29, 1.82) is 0 Å². The van der Waals surface area contributed by atoms with Crippen LogP contribution in [0.3, 0.4) is 0 Å². The summed E-state index contributed by atoms with van der Waals surface area (Å²) in [5.41, 5.74) is 0.486. The fraction of sp³-hybridized carbons (Fsp3) is 0.263. The van der Waals surface area contributed by atoms with E-state index in [1.54, 1.807) is 6.92 Å². The minimum Gasteiger partial charge on any atom is -0.354 e. The minimum absolute atomic E-state index is 0.0724. The van der Waals surface area contributed by atoms with Crippen molar-refractivity contribution in [3.8, 4) is 0 Å². The van der Waals surface area contributed by atoms with Gasteiger partial charge >= 0.3 is 0 Å². The quantitative estimate of drug-likeness (QED) is 0.544. The number of amides is 2. The molecular formula is C19H22FN3O4S. The van der Waals surface area contributed by atoms with Crippen LogP contribution in [0.1, 0.15) is 22.8 Å². The van der Waals surface area contributed by atoms with Crippen molar-refractivity contribution in [2.45, 2.75) is 18.2 Å². The van der Waals surface area contributed by atoms with Gasteiger partial charge in [-0.05, 0) is 23.8 Å². The lowest BCUT2D eigenvalue weighted by Crippen LogP contribution is -2.35. The summed E-state index contributed by atoms with van der Waals surface area (Å²) in [6, 6.07) is 12.2. The summed E-state index contributed by atoms with van der Waals surface area (Å²) in [4.78, 5) is 23.8. The Morgan fingerprint density at radius 2 is 1.68 bits per heavy atom. The van der Waals surface area contributed by atoms with Gasteiger partial charge in [-0.1, -0.05) is 37.3 Å². The van der Waals surface area contributed by atoms with Crippen LogP contribution in [0.2, 0.25) is 0 Å². The number of hydrogen-bond acceptors (Lipinski definition) is 4. The van der Waals surface area contributed by atoms with E-state index in [2.05, 4.69) is 15.4 Å². The van der Waals surface area contributed by atoms with E-state index in [9.17, 15) is 22.4 Å². The first-order chi connectivity index (χ1) is 13.3. The molecule has 7 nitrogen and oxygen atoms in total. The molecule has 0 aromatic heterocycles. The van der Waals surface area contributed by atoms with Crippen LogP contribution in [0.4, 0.5) is 4.39 Å². The van der Waals surface area contributed by atoms with E-state index in [1.807, 2.05) is 30.3 Å². The van der Waals surface area contributed by atoms with Gasteiger partial charge in [-0.15, -0.1) is 0 Å². The number of sulfonamides is 1. The van der Waals surface area contributed by atoms with E-state index in [0.717, 1.165) is 23.8 Å². The van der Waals surface area contributed by atoms with Gasteiger partial charge in [-0.2, -0.15) is 0 Å². The molecule has 0 aliphatic carbocycles. The van der Waals surface area contributed by atoms with Crippen molar-refractivity contribution in [3.63, 3.8) is 0 Å². The van der Waals surface area contributed by atoms with E-state index < -0.39 is 21.7 Å². The van der Waals surface area contributed by atoms with E-state index in [4.69, 9.17) is 0 Å². The molecule has 0 radical (unpaired) electrons. The zero-order valence-corrected chi connectivity index (χ0v) is 16.2. The summed E-state index contributed by atoms with van der Waals surface area (Å²) in [5, 5.41) is 5.11. The molecule has 150 valence electrons. The fourth-order valence-corrected chi connectivity index (χ4v) is 3.50. The number of benzene rings is 2. The van der Waals surface area contributed by atoms with Gasteiger partial charge in [0.2, 0.25) is 15.9 Å². The fourth-order valence-electron chi connectivity index (χ4n) is 2.44. The molecule has 0 fully saturated rings. The standard InChI is InChI=1S/C19H22FN3O4S/c1-2-23-28(26,27)15-8-9-17(20)16(13-15)19(25)22-11-10-21-18(24)12-14-6-4-3-5-7-14/h3-9,13,23H,2,10-12H2,1H3,(H,21,24)(H,22,25). The minimum atomic E-state index is -3.80. The van der Waals surface area contributed by atoms with Gasteiger partial charge in [0.25, 0.3) is 5.91 Å². The highest BCUT2D eigenvalue weighted by atomic mass is 32.2. The van der Waals surface area contributed by atoms with Crippen molar-refractivity contribution in [2.75, 3.05) is 19.6 Å². The van der Waals surface area contributed by atoms with Gasteiger partial charge in [-0.25, -0.2) is 17.5 Å². The van der Waals surface area contributed by atoms with Crippen LogP contribution in [0, 0.1) is 5.82 Å². The first-order valence-corrected chi connectivity index (χ1v) is 10.2. The number of nitrogens with one attached hydrogen (secondary N) is 3. The SMILES string of the molecule is CCNS(=O)(=O)c1ccc(F)c(C(=O)NCCNC(=O)Cc2ccccc2)c1. The second kappa shape index (κ2) is 9.95. The molecule has 0 aliphatic heterocycles. The summed E-state index contributed by atoms with van der Waals surface area (Å²) in [6.45, 7) is 2.02. The topological polar surface area (TPSA) is 104 Å². The smallest absolute Gasteiger partial charge is 0.254 e. The van der Waals surface area contributed by atoms with Crippen LogP contribution in [0.15, 0.2) is 53.4 Å². The van der Waals surface area contributed by atoms with E-state index in [1.165, 1.54) is 0 Å². The Hall–Kier alpha value is -2.78. The van der Waals surface area contributed by atoms with Crippen LogP contribution in [-0.2, 0) is 21.2 Å². The number of rotatable bonds is 9. The van der Waals surface area contributed by atoms with Crippen LogP contribution in [0.25, 0.3) is 0 Å². The molecule has 0 spiro atoms. The van der Waals surface area contributed by atoms with Gasteiger partial charge in [0.1, 0.15) is 5.82 Å². The lowest BCUT2D eigenvalue weighted by molar-refractivity contribution is -0.120. The van der Waals surface area contributed by atoms with E-state index in [-0.39, 0.29) is 42.4 Å². The van der Waals surface area contributed by atoms with Crippen LogP contribution in [0.5, 0.6) is 0 Å². The van der Waals surface area contributed by atoms with Crippen molar-refractivity contribution in [3.05, 3.63) is 65.5 Å². The third-order valence-corrected chi connectivity index (χ3v) is 5.31. The molecule has 3 N–H and O–H groups in total. The number of halogens is 1. The van der Waals surface area contributed by atoms with Crippen molar-refractivity contribution in [1.82, 2.24) is 15.4 Å². The average Bonchev–Trinajstić information content (AvgIpc) is 2.66. The zero-order valence-electron chi connectivity index (χ0n) is 15.4. The lowest BCUT2D eigenvalue weighted by Gasteiger charge is -2.10. The Bertz CT molecular complexity index is 933. The van der Waals surface area contributed by atoms with Gasteiger partial charge in [0.15, 0.2) is 0 Å². The lowest BCUT2D eigenvalue weighted by atomic mass is 10.1. The summed E-state index contributed by atoms with van der Waals surface area (Å²) in [5.74, 6) is -1.80. The number of hydrogen-bond donors (Lipinski definition) is 3. The number of carbonyl (C=O) groups is 2. The van der Waals surface area contributed by atoms with E-state index >= 15 is 0 Å². The summed E-state index contributed by atoms with van der Waals surface area (Å²) in [6.07, 6.45) is 0.216. The maximum absolute atomic E-state index is 13.9. The van der Waals surface area contributed by atoms with Crippen molar-refractivity contribution in [2.24, 2.45) is 0 Å². The second-order valence-electron chi connectivity index (χ2n) is 5.91. The van der Waals surface area contributed by atoms with Gasteiger partial charge in [0.05, 0.1) is 16.9 Å². The predicted molar refractivity (Wildman–Crippen MR) is 103 cm³/mol. The maximum Gasteiger partial charge on any atom is 0.254 e. The highest BCUT2D eigenvalue weighted by Crippen LogP contribution is 2.15. The molecule has 28 heavy (non-hydrogen) atoms. The molecule has 0 atom stereocenters. The normalized spacial score (nSPS) is 11.1. The molecule has 0 unspecified atom stereocenters. The molecule has 0 aliphatic rings. The van der Waals surface area contributed by atoms with Crippen LogP contribution >= 0.6 is 0 Å². The first kappa shape index (κ1) is 21.5. The number of carbonyl (C=O) groups excluding carboxylic acids is 2. The summed E-state index contributed by atoms with van der Waals surface area (Å²) < 4.78 is 40.2. The highest BCUT2D eigenvalue weighted by molar-refractivity contribution is 7.89. The molecule has 0 saturated carbocycles. The maximum atomic E-state index is 13.9. The Labute approximate surface area is 163 Å². The monoisotopic (exact) mass is 407 g/mol. The molecule has 2 aromatic rings. The van der Waals surface area contributed by atoms with Crippen molar-refractivity contribution < 1.29 is 22.4 Å². The zero-order chi connectivity index (χ0) is 20.6. The highest BCUT2D eigenvalue weighted by Gasteiger charge is 2.18. The molecule has 0 bridgehead atoms. The first-order valence-electron chi connectivity index (χ1n) is 8.71. The molecule has 2 amide bonds. The Morgan fingerprint density at radius 1 is 1.00 bits per heavy atom. The van der Waals surface area contributed by atoms with Gasteiger partial charge in [0, 0.05) is 19.6 Å². The molecule has 2 aromatic carbocycles. The van der Waals surface area contributed by atoms with Gasteiger partial charge < -0.3 is 10.6 Å². The summed E-state index contributed by atoms with van der Waals surface area (Å²) >= 11 is 0. The predicted octanol–water partition coefficient (Wildman–Crippen LogP) is 1.21. The molecule has 9 heteroatoms. The Kier molecular flexibility index (Phi) is 7.65. The van der Waals surface area contributed by atoms with Crippen molar-refractivity contribution >= 4 is 21.8 Å². The van der Waals surface area contributed by atoms with E-state index in [0.29, 0.717) is 0 Å². The third kappa shape index (κ3) is 6.14. The summed E-state index contributed by atoms with van der Waals surface area (Å²) in [7, 11) is -3.80. The third-order valence-electron chi connectivity index (χ3n) is 3.77. The van der Waals surface area contributed by atoms with Crippen LogP contribution in [-0.4, -0.2) is 39.9 Å². The second-order valence-corrected chi connectivity index (χ2v) is 7.68. The largest absolute Gasteiger partial charge is 0.354 e. The average molecular weight is 407 g/mol. The molecule has 2 rings (SSSR count).